The lowest BCUT2D eigenvalue weighted by atomic mass is 10.4. The first-order valence-electron chi connectivity index (χ1n) is 3.95. The van der Waals surface area contributed by atoms with E-state index >= 15 is 0 Å². The Morgan fingerprint density at radius 1 is 1.23 bits per heavy atom. The third kappa shape index (κ3) is 1.75. The Bertz CT molecular complexity index is 418. The molecule has 0 radical (unpaired) electrons. The SMILES string of the molecule is CCSc1ncc2ncncc2n1. The third-order valence-corrected chi connectivity index (χ3v) is 2.25. The van der Waals surface area contributed by atoms with Crippen molar-refractivity contribution < 1.29 is 0 Å². The van der Waals surface area contributed by atoms with Crippen LogP contribution in [0.2, 0.25) is 0 Å². The lowest BCUT2D eigenvalue weighted by molar-refractivity contribution is 0.989. The van der Waals surface area contributed by atoms with Crippen LogP contribution in [0.25, 0.3) is 11.0 Å². The number of hydrogen-bond donors (Lipinski definition) is 0. The van der Waals surface area contributed by atoms with E-state index in [0.717, 1.165) is 21.9 Å². The molecule has 0 saturated carbocycles. The van der Waals surface area contributed by atoms with Gasteiger partial charge in [-0.15, -0.1) is 0 Å². The van der Waals surface area contributed by atoms with E-state index < -0.39 is 0 Å². The molecule has 0 N–H and O–H groups in total. The van der Waals surface area contributed by atoms with Crippen LogP contribution in [-0.2, 0) is 0 Å². The Hall–Kier alpha value is -1.23. The minimum Gasteiger partial charge on any atom is -0.243 e. The monoisotopic (exact) mass is 192 g/mol. The van der Waals surface area contributed by atoms with E-state index in [-0.39, 0.29) is 0 Å². The molecular formula is C8H8N4S. The molecule has 0 bridgehead atoms. The van der Waals surface area contributed by atoms with Gasteiger partial charge in [-0.25, -0.2) is 19.9 Å². The second-order valence-corrected chi connectivity index (χ2v) is 3.61. The number of fused-ring (bicyclic) bond motifs is 1. The van der Waals surface area contributed by atoms with E-state index in [1.807, 2.05) is 0 Å². The molecule has 0 aliphatic rings. The van der Waals surface area contributed by atoms with E-state index in [4.69, 9.17) is 0 Å². The van der Waals surface area contributed by atoms with E-state index in [1.165, 1.54) is 6.33 Å². The highest BCUT2D eigenvalue weighted by Gasteiger charge is 1.99. The van der Waals surface area contributed by atoms with Crippen molar-refractivity contribution in [2.45, 2.75) is 12.1 Å². The second-order valence-electron chi connectivity index (χ2n) is 2.38. The van der Waals surface area contributed by atoms with Crippen molar-refractivity contribution in [3.63, 3.8) is 0 Å². The summed E-state index contributed by atoms with van der Waals surface area (Å²) in [5.74, 6) is 0.971. The summed E-state index contributed by atoms with van der Waals surface area (Å²) in [7, 11) is 0. The van der Waals surface area contributed by atoms with Crippen LogP contribution in [0.5, 0.6) is 0 Å². The van der Waals surface area contributed by atoms with Crippen LogP contribution in [0.4, 0.5) is 0 Å². The van der Waals surface area contributed by atoms with Gasteiger partial charge in [-0.05, 0) is 5.75 Å². The summed E-state index contributed by atoms with van der Waals surface area (Å²) in [6.07, 6.45) is 4.92. The van der Waals surface area contributed by atoms with Crippen LogP contribution in [0.3, 0.4) is 0 Å². The van der Waals surface area contributed by atoms with Gasteiger partial charge in [0.15, 0.2) is 5.16 Å². The molecule has 0 saturated heterocycles. The van der Waals surface area contributed by atoms with Gasteiger partial charge in [-0.1, -0.05) is 18.7 Å². The topological polar surface area (TPSA) is 51.6 Å². The van der Waals surface area contributed by atoms with Gasteiger partial charge in [-0.2, -0.15) is 0 Å². The predicted octanol–water partition coefficient (Wildman–Crippen LogP) is 1.53. The minimum absolute atomic E-state index is 0.782. The van der Waals surface area contributed by atoms with Crippen molar-refractivity contribution in [3.05, 3.63) is 18.7 Å². The molecule has 2 rings (SSSR count). The van der Waals surface area contributed by atoms with Crippen LogP contribution in [-0.4, -0.2) is 25.7 Å². The molecule has 0 amide bonds. The van der Waals surface area contributed by atoms with Crippen molar-refractivity contribution in [1.29, 1.82) is 0 Å². The molecule has 0 aliphatic heterocycles. The maximum Gasteiger partial charge on any atom is 0.188 e. The summed E-state index contributed by atoms with van der Waals surface area (Å²) < 4.78 is 0. The Balaban J connectivity index is 2.49. The first kappa shape index (κ1) is 8.37. The summed E-state index contributed by atoms with van der Waals surface area (Å²) in [6.45, 7) is 2.07. The first-order chi connectivity index (χ1) is 6.40. The molecule has 5 heteroatoms. The molecule has 0 atom stereocenters. The molecule has 66 valence electrons. The highest BCUT2D eigenvalue weighted by molar-refractivity contribution is 7.99. The smallest absolute Gasteiger partial charge is 0.188 e. The lowest BCUT2D eigenvalue weighted by Crippen LogP contribution is -1.90. The van der Waals surface area contributed by atoms with E-state index in [9.17, 15) is 0 Å². The Morgan fingerprint density at radius 3 is 3.00 bits per heavy atom. The fourth-order valence-corrected chi connectivity index (χ4v) is 1.51. The fraction of sp³-hybridized carbons (Fsp3) is 0.250. The van der Waals surface area contributed by atoms with Crippen molar-refractivity contribution in [3.8, 4) is 0 Å². The molecule has 0 aromatic carbocycles. The zero-order valence-electron chi connectivity index (χ0n) is 7.14. The molecule has 0 aliphatic carbocycles. The Morgan fingerprint density at radius 2 is 2.15 bits per heavy atom. The maximum absolute atomic E-state index is 4.29. The molecule has 0 unspecified atom stereocenters. The maximum atomic E-state index is 4.29. The summed E-state index contributed by atoms with van der Waals surface area (Å²) in [5, 5.41) is 0.782. The van der Waals surface area contributed by atoms with E-state index in [2.05, 4.69) is 26.9 Å². The molecule has 13 heavy (non-hydrogen) atoms. The largest absolute Gasteiger partial charge is 0.243 e. The second kappa shape index (κ2) is 3.66. The zero-order chi connectivity index (χ0) is 9.10. The van der Waals surface area contributed by atoms with Crippen LogP contribution < -0.4 is 0 Å². The number of thioether (sulfide) groups is 1. The molecule has 0 fully saturated rings. The van der Waals surface area contributed by atoms with Crippen molar-refractivity contribution in [1.82, 2.24) is 19.9 Å². The molecule has 4 nitrogen and oxygen atoms in total. The summed E-state index contributed by atoms with van der Waals surface area (Å²) in [4.78, 5) is 16.4. The van der Waals surface area contributed by atoms with Crippen LogP contribution >= 0.6 is 11.8 Å². The van der Waals surface area contributed by atoms with Crippen molar-refractivity contribution in [2.24, 2.45) is 0 Å². The van der Waals surface area contributed by atoms with Crippen LogP contribution in [0.15, 0.2) is 23.9 Å². The Kier molecular flexibility index (Phi) is 2.35. The molecular weight excluding hydrogens is 184 g/mol. The highest BCUT2D eigenvalue weighted by Crippen LogP contribution is 2.14. The molecule has 2 aromatic rings. The van der Waals surface area contributed by atoms with Gasteiger partial charge in [-0.3, -0.25) is 0 Å². The van der Waals surface area contributed by atoms with E-state index in [1.54, 1.807) is 24.2 Å². The summed E-state index contributed by atoms with van der Waals surface area (Å²) in [5.41, 5.74) is 1.59. The van der Waals surface area contributed by atoms with Gasteiger partial charge >= 0.3 is 0 Å². The summed E-state index contributed by atoms with van der Waals surface area (Å²) >= 11 is 1.61. The van der Waals surface area contributed by atoms with E-state index in [0.29, 0.717) is 0 Å². The van der Waals surface area contributed by atoms with Crippen LogP contribution in [0.1, 0.15) is 6.92 Å². The predicted molar refractivity (Wildman–Crippen MR) is 51.5 cm³/mol. The average Bonchev–Trinajstić information content (AvgIpc) is 2.18. The molecule has 2 heterocycles. The highest BCUT2D eigenvalue weighted by atomic mass is 32.2. The Labute approximate surface area is 79.8 Å². The van der Waals surface area contributed by atoms with Crippen molar-refractivity contribution >= 4 is 22.8 Å². The zero-order valence-corrected chi connectivity index (χ0v) is 7.95. The van der Waals surface area contributed by atoms with Gasteiger partial charge in [0.2, 0.25) is 0 Å². The third-order valence-electron chi connectivity index (χ3n) is 1.51. The number of hydrogen-bond acceptors (Lipinski definition) is 5. The van der Waals surface area contributed by atoms with Gasteiger partial charge in [0.05, 0.1) is 12.4 Å². The van der Waals surface area contributed by atoms with Gasteiger partial charge in [0, 0.05) is 0 Å². The van der Waals surface area contributed by atoms with Crippen molar-refractivity contribution in [2.75, 3.05) is 5.75 Å². The minimum atomic E-state index is 0.782. The normalized spacial score (nSPS) is 10.5. The number of nitrogens with zero attached hydrogens (tertiary/aromatic N) is 4. The van der Waals surface area contributed by atoms with Gasteiger partial charge in [0.1, 0.15) is 17.4 Å². The molecule has 0 spiro atoms. The van der Waals surface area contributed by atoms with Gasteiger partial charge < -0.3 is 0 Å². The standard InChI is InChI=1S/C8H8N4S/c1-2-13-8-10-4-6-7(12-8)3-9-5-11-6/h3-5H,2H2,1H3. The first-order valence-corrected chi connectivity index (χ1v) is 4.94. The van der Waals surface area contributed by atoms with Crippen LogP contribution in [0, 0.1) is 0 Å². The number of aromatic nitrogens is 4. The fourth-order valence-electron chi connectivity index (χ4n) is 0.964. The number of rotatable bonds is 2. The molecule has 2 aromatic heterocycles. The average molecular weight is 192 g/mol. The summed E-state index contributed by atoms with van der Waals surface area (Å²) in [6, 6.07) is 0. The quantitative estimate of drug-likeness (QED) is 0.533. The lowest BCUT2D eigenvalue weighted by Gasteiger charge is -1.97. The van der Waals surface area contributed by atoms with Gasteiger partial charge in [0.25, 0.3) is 0 Å².